The maximum absolute atomic E-state index is 13.0. The zero-order chi connectivity index (χ0) is 22.5. The molecule has 0 saturated carbocycles. The van der Waals surface area contributed by atoms with Crippen LogP contribution in [0.4, 0.5) is 5.69 Å². The number of carbonyl (C=O) groups is 2. The summed E-state index contributed by atoms with van der Waals surface area (Å²) in [5.41, 5.74) is 1.96. The number of piperidine rings is 1. The van der Waals surface area contributed by atoms with Crippen molar-refractivity contribution in [2.75, 3.05) is 57.3 Å². The summed E-state index contributed by atoms with van der Waals surface area (Å²) in [6, 6.07) is 8.73. The minimum atomic E-state index is 0.0871. The average Bonchev–Trinajstić information content (AvgIpc) is 3.13. The van der Waals surface area contributed by atoms with E-state index in [1.165, 1.54) is 18.5 Å². The van der Waals surface area contributed by atoms with E-state index in [0.29, 0.717) is 25.0 Å². The van der Waals surface area contributed by atoms with Gasteiger partial charge in [0, 0.05) is 75.6 Å². The fourth-order valence-electron chi connectivity index (χ4n) is 5.37. The monoisotopic (exact) mass is 440 g/mol. The first-order valence-electron chi connectivity index (χ1n) is 12.7. The summed E-state index contributed by atoms with van der Waals surface area (Å²) in [6.45, 7) is 11.9. The number of nitrogens with zero attached hydrogens (tertiary/aromatic N) is 4. The Labute approximate surface area is 193 Å². The molecule has 6 nitrogen and oxygen atoms in total. The average molecular weight is 441 g/mol. The quantitative estimate of drug-likeness (QED) is 0.719. The lowest BCUT2D eigenvalue weighted by Gasteiger charge is -2.38. The molecule has 6 heteroatoms. The number of benzene rings is 1. The van der Waals surface area contributed by atoms with Crippen LogP contribution in [-0.4, -0.2) is 84.9 Å². The summed E-state index contributed by atoms with van der Waals surface area (Å²) in [4.78, 5) is 34.9. The molecule has 1 aromatic carbocycles. The number of anilines is 1. The molecule has 0 spiro atoms. The number of hydrogen-bond acceptors (Lipinski definition) is 4. The van der Waals surface area contributed by atoms with Gasteiger partial charge in [0.05, 0.1) is 0 Å². The molecule has 0 aliphatic carbocycles. The van der Waals surface area contributed by atoms with Crippen LogP contribution in [0.25, 0.3) is 0 Å². The molecule has 3 aliphatic heterocycles. The Kier molecular flexibility index (Phi) is 7.71. The van der Waals surface area contributed by atoms with E-state index in [2.05, 4.69) is 40.7 Å². The molecule has 176 valence electrons. The van der Waals surface area contributed by atoms with E-state index in [9.17, 15) is 9.59 Å². The van der Waals surface area contributed by atoms with Crippen LogP contribution >= 0.6 is 0 Å². The van der Waals surface area contributed by atoms with Crippen molar-refractivity contribution in [1.82, 2.24) is 14.7 Å². The number of rotatable bonds is 4. The lowest BCUT2D eigenvalue weighted by molar-refractivity contribution is -0.136. The highest BCUT2D eigenvalue weighted by Crippen LogP contribution is 2.24. The molecule has 0 bridgehead atoms. The number of amides is 2. The molecular formula is C26H40N4O2. The fraction of sp³-hybridized carbons (Fsp3) is 0.692. The van der Waals surface area contributed by atoms with Crippen molar-refractivity contribution in [3.8, 4) is 0 Å². The van der Waals surface area contributed by atoms with Gasteiger partial charge in [0.15, 0.2) is 0 Å². The lowest BCUT2D eigenvalue weighted by Crippen LogP contribution is -2.48. The predicted molar refractivity (Wildman–Crippen MR) is 129 cm³/mol. The Morgan fingerprint density at radius 1 is 0.750 bits per heavy atom. The fourth-order valence-corrected chi connectivity index (χ4v) is 5.37. The predicted octanol–water partition coefficient (Wildman–Crippen LogP) is 3.47. The van der Waals surface area contributed by atoms with Crippen LogP contribution in [0.15, 0.2) is 24.3 Å². The second-order valence-corrected chi connectivity index (χ2v) is 9.97. The molecule has 0 atom stereocenters. The van der Waals surface area contributed by atoms with Crippen molar-refractivity contribution in [2.45, 2.75) is 58.4 Å². The summed E-state index contributed by atoms with van der Waals surface area (Å²) in [7, 11) is 0. The zero-order valence-electron chi connectivity index (χ0n) is 20.0. The molecule has 4 rings (SSSR count). The van der Waals surface area contributed by atoms with Gasteiger partial charge in [-0.1, -0.05) is 12.8 Å². The van der Waals surface area contributed by atoms with E-state index in [4.69, 9.17) is 0 Å². The second-order valence-electron chi connectivity index (χ2n) is 9.97. The molecule has 0 N–H and O–H groups in total. The first-order valence-corrected chi connectivity index (χ1v) is 12.7. The summed E-state index contributed by atoms with van der Waals surface area (Å²) in [5.74, 6) is 0.506. The van der Waals surface area contributed by atoms with Gasteiger partial charge in [-0.25, -0.2) is 0 Å². The largest absolute Gasteiger partial charge is 0.369 e. The Bertz CT molecular complexity index is 755. The number of carbonyl (C=O) groups excluding carboxylic acids is 2. The van der Waals surface area contributed by atoms with E-state index >= 15 is 0 Å². The number of likely N-dealkylation sites (tertiary alicyclic amines) is 2. The summed E-state index contributed by atoms with van der Waals surface area (Å²) >= 11 is 0. The normalized spacial score (nSPS) is 21.7. The molecule has 3 saturated heterocycles. The Balaban J connectivity index is 1.27. The highest BCUT2D eigenvalue weighted by Gasteiger charge is 2.31. The molecule has 3 heterocycles. The van der Waals surface area contributed by atoms with Crippen LogP contribution in [0, 0.1) is 5.92 Å². The van der Waals surface area contributed by atoms with E-state index in [1.54, 1.807) is 0 Å². The molecule has 0 radical (unpaired) electrons. The van der Waals surface area contributed by atoms with Crippen LogP contribution in [0.5, 0.6) is 0 Å². The molecule has 2 amide bonds. The van der Waals surface area contributed by atoms with E-state index < -0.39 is 0 Å². The van der Waals surface area contributed by atoms with Crippen molar-refractivity contribution < 1.29 is 9.59 Å². The highest BCUT2D eigenvalue weighted by molar-refractivity contribution is 5.94. The maximum atomic E-state index is 13.0. The molecule has 0 aromatic heterocycles. The van der Waals surface area contributed by atoms with Gasteiger partial charge in [-0.15, -0.1) is 0 Å². The number of piperazine rings is 1. The lowest BCUT2D eigenvalue weighted by atomic mass is 9.94. The minimum absolute atomic E-state index is 0.0871. The van der Waals surface area contributed by atoms with Crippen molar-refractivity contribution in [3.63, 3.8) is 0 Å². The Morgan fingerprint density at radius 3 is 1.91 bits per heavy atom. The summed E-state index contributed by atoms with van der Waals surface area (Å²) in [5, 5.41) is 0. The first-order chi connectivity index (χ1) is 15.5. The SMILES string of the molecule is CC(C)N1CCN(c2ccc(C(=O)N3CCC(C(=O)N4CCCCCC4)CC3)cc2)CC1. The van der Waals surface area contributed by atoms with Crippen LogP contribution in [0.1, 0.15) is 62.7 Å². The van der Waals surface area contributed by atoms with Gasteiger partial charge < -0.3 is 14.7 Å². The minimum Gasteiger partial charge on any atom is -0.369 e. The zero-order valence-corrected chi connectivity index (χ0v) is 20.0. The molecule has 32 heavy (non-hydrogen) atoms. The third kappa shape index (κ3) is 5.45. The van der Waals surface area contributed by atoms with Crippen molar-refractivity contribution in [2.24, 2.45) is 5.92 Å². The number of hydrogen-bond donors (Lipinski definition) is 0. The van der Waals surface area contributed by atoms with Crippen molar-refractivity contribution in [3.05, 3.63) is 29.8 Å². The highest BCUT2D eigenvalue weighted by atomic mass is 16.2. The van der Waals surface area contributed by atoms with Gasteiger partial charge in [0.1, 0.15) is 0 Å². The van der Waals surface area contributed by atoms with E-state index in [1.807, 2.05) is 17.0 Å². The second kappa shape index (κ2) is 10.7. The standard InChI is InChI=1S/C26H40N4O2/c1-21(2)27-17-19-28(20-18-27)24-9-7-22(8-10-24)25(31)30-15-11-23(12-16-30)26(32)29-13-5-3-4-6-14-29/h7-10,21,23H,3-6,11-20H2,1-2H3. The molecule has 3 aliphatic rings. The van der Waals surface area contributed by atoms with Gasteiger partial charge in [0.25, 0.3) is 5.91 Å². The van der Waals surface area contributed by atoms with E-state index in [-0.39, 0.29) is 11.8 Å². The Morgan fingerprint density at radius 2 is 1.34 bits per heavy atom. The molecule has 0 unspecified atom stereocenters. The summed E-state index contributed by atoms with van der Waals surface area (Å²) in [6.07, 6.45) is 6.32. The maximum Gasteiger partial charge on any atom is 0.253 e. The van der Waals surface area contributed by atoms with Crippen LogP contribution in [-0.2, 0) is 4.79 Å². The molecule has 1 aromatic rings. The van der Waals surface area contributed by atoms with Gasteiger partial charge in [-0.05, 0) is 63.8 Å². The Hall–Kier alpha value is -2.08. The van der Waals surface area contributed by atoms with Crippen LogP contribution < -0.4 is 4.90 Å². The van der Waals surface area contributed by atoms with Crippen molar-refractivity contribution >= 4 is 17.5 Å². The molecule has 3 fully saturated rings. The van der Waals surface area contributed by atoms with Gasteiger partial charge in [-0.2, -0.15) is 0 Å². The first kappa shape index (κ1) is 23.1. The van der Waals surface area contributed by atoms with Gasteiger partial charge in [-0.3, -0.25) is 14.5 Å². The smallest absolute Gasteiger partial charge is 0.253 e. The molecular weight excluding hydrogens is 400 g/mol. The van der Waals surface area contributed by atoms with Crippen LogP contribution in [0.2, 0.25) is 0 Å². The van der Waals surface area contributed by atoms with Gasteiger partial charge >= 0.3 is 0 Å². The van der Waals surface area contributed by atoms with E-state index in [0.717, 1.165) is 70.5 Å². The van der Waals surface area contributed by atoms with Crippen LogP contribution in [0.3, 0.4) is 0 Å². The van der Waals surface area contributed by atoms with Crippen molar-refractivity contribution in [1.29, 1.82) is 0 Å². The van der Waals surface area contributed by atoms with Gasteiger partial charge in [0.2, 0.25) is 5.91 Å². The summed E-state index contributed by atoms with van der Waals surface area (Å²) < 4.78 is 0. The third-order valence-electron chi connectivity index (χ3n) is 7.57. The third-order valence-corrected chi connectivity index (χ3v) is 7.57. The topological polar surface area (TPSA) is 47.1 Å².